The number of nitrogens with one attached hydrogen (secondary N) is 1. The zero-order chi connectivity index (χ0) is 14.8. The van der Waals surface area contributed by atoms with Gasteiger partial charge in [0, 0.05) is 34.8 Å². The third-order valence-electron chi connectivity index (χ3n) is 3.87. The number of ketones is 1. The van der Waals surface area contributed by atoms with E-state index in [0.29, 0.717) is 6.54 Å². The fraction of sp³-hybridized carbons (Fsp3) is 0.222. The van der Waals surface area contributed by atoms with Gasteiger partial charge in [-0.15, -0.1) is 0 Å². The van der Waals surface area contributed by atoms with Crippen LogP contribution in [0.4, 0.5) is 0 Å². The zero-order valence-corrected chi connectivity index (χ0v) is 13.5. The van der Waals surface area contributed by atoms with Crippen molar-refractivity contribution in [2.75, 3.05) is 0 Å². The van der Waals surface area contributed by atoms with Crippen LogP contribution in [0.5, 0.6) is 0 Å². The standard InChI is InChI=1S/C18H18N2O.ClH/c1-3-14-5-4-6-15-16(11-19-18(14)15)17(21)12-20-9-7-13(2)8-10-20;/h4-11H,3,12H2,1-2H3;1H. The zero-order valence-electron chi connectivity index (χ0n) is 12.8. The molecule has 0 amide bonds. The highest BCUT2D eigenvalue weighted by molar-refractivity contribution is 6.07. The van der Waals surface area contributed by atoms with Gasteiger partial charge < -0.3 is 17.4 Å². The Balaban J connectivity index is 0.00000176. The predicted octanol–water partition coefficient (Wildman–Crippen LogP) is 0.213. The Morgan fingerprint density at radius 3 is 2.59 bits per heavy atom. The number of carbonyl (C=O) groups is 1. The molecule has 2 heterocycles. The van der Waals surface area contributed by atoms with Crippen molar-refractivity contribution in [2.45, 2.75) is 26.8 Å². The van der Waals surface area contributed by atoms with Gasteiger partial charge in [-0.05, 0) is 24.5 Å². The van der Waals surface area contributed by atoms with Crippen LogP contribution in [0, 0.1) is 6.92 Å². The van der Waals surface area contributed by atoms with E-state index >= 15 is 0 Å². The Hall–Kier alpha value is -2.13. The summed E-state index contributed by atoms with van der Waals surface area (Å²) in [6.07, 6.45) is 6.68. The highest BCUT2D eigenvalue weighted by Crippen LogP contribution is 2.22. The van der Waals surface area contributed by atoms with Crippen molar-refractivity contribution in [3.8, 4) is 0 Å². The Morgan fingerprint density at radius 2 is 1.91 bits per heavy atom. The molecule has 0 saturated carbocycles. The highest BCUT2D eigenvalue weighted by Gasteiger charge is 2.17. The third-order valence-corrected chi connectivity index (χ3v) is 3.87. The van der Waals surface area contributed by atoms with Crippen molar-refractivity contribution >= 4 is 16.7 Å². The number of aromatic nitrogens is 2. The Morgan fingerprint density at radius 1 is 1.18 bits per heavy atom. The number of halogens is 1. The van der Waals surface area contributed by atoms with Crippen molar-refractivity contribution in [1.29, 1.82) is 0 Å². The molecule has 0 aliphatic carbocycles. The first-order valence-corrected chi connectivity index (χ1v) is 7.27. The van der Waals surface area contributed by atoms with Crippen LogP contribution in [0.1, 0.15) is 28.4 Å². The number of pyridine rings is 1. The van der Waals surface area contributed by atoms with Crippen LogP contribution in [0.25, 0.3) is 10.9 Å². The van der Waals surface area contributed by atoms with E-state index in [1.807, 2.05) is 54.3 Å². The lowest BCUT2D eigenvalue weighted by Crippen LogP contribution is -3.00. The summed E-state index contributed by atoms with van der Waals surface area (Å²) in [5.41, 5.74) is 4.29. The summed E-state index contributed by atoms with van der Waals surface area (Å²) in [6.45, 7) is 4.53. The molecule has 1 N–H and O–H groups in total. The van der Waals surface area contributed by atoms with Gasteiger partial charge in [0.15, 0.2) is 12.4 Å². The number of para-hydroxylation sites is 1. The van der Waals surface area contributed by atoms with E-state index < -0.39 is 0 Å². The number of hydrogen-bond acceptors (Lipinski definition) is 1. The maximum atomic E-state index is 12.5. The summed E-state index contributed by atoms with van der Waals surface area (Å²) in [5, 5.41) is 1.02. The van der Waals surface area contributed by atoms with Gasteiger partial charge in [0.2, 0.25) is 12.3 Å². The summed E-state index contributed by atoms with van der Waals surface area (Å²) in [7, 11) is 0. The first-order chi connectivity index (χ1) is 10.2. The first-order valence-electron chi connectivity index (χ1n) is 7.27. The normalized spacial score (nSPS) is 10.5. The molecule has 0 aliphatic rings. The van der Waals surface area contributed by atoms with Crippen LogP contribution < -0.4 is 17.0 Å². The van der Waals surface area contributed by atoms with E-state index in [4.69, 9.17) is 0 Å². The molecule has 0 aliphatic heterocycles. The molecule has 1 aromatic carbocycles. The van der Waals surface area contributed by atoms with E-state index in [1.54, 1.807) is 0 Å². The molecule has 114 valence electrons. The largest absolute Gasteiger partial charge is 1.00 e. The molecular weight excluding hydrogens is 296 g/mol. The fourth-order valence-electron chi connectivity index (χ4n) is 2.63. The number of nitrogens with zero attached hydrogens (tertiary/aromatic N) is 1. The van der Waals surface area contributed by atoms with E-state index in [9.17, 15) is 4.79 Å². The molecular formula is C18H19ClN2O. The van der Waals surface area contributed by atoms with Crippen LogP contribution in [0.3, 0.4) is 0 Å². The smallest absolute Gasteiger partial charge is 0.229 e. The number of Topliss-reactive ketones (excluding diaryl/α,β-unsaturated/α-hetero) is 1. The molecule has 0 spiro atoms. The van der Waals surface area contributed by atoms with Gasteiger partial charge in [-0.25, -0.2) is 0 Å². The molecule has 3 aromatic rings. The molecule has 0 atom stereocenters. The number of aromatic amines is 1. The van der Waals surface area contributed by atoms with Gasteiger partial charge in [-0.1, -0.05) is 25.1 Å². The van der Waals surface area contributed by atoms with Gasteiger partial charge in [0.05, 0.1) is 0 Å². The molecule has 0 fully saturated rings. The maximum Gasteiger partial charge on any atom is 0.229 e. The van der Waals surface area contributed by atoms with Crippen molar-refractivity contribution in [2.24, 2.45) is 0 Å². The Labute approximate surface area is 136 Å². The predicted molar refractivity (Wildman–Crippen MR) is 83.4 cm³/mol. The van der Waals surface area contributed by atoms with Crippen LogP contribution in [-0.2, 0) is 13.0 Å². The summed E-state index contributed by atoms with van der Waals surface area (Å²) in [6, 6.07) is 10.2. The van der Waals surface area contributed by atoms with Crippen molar-refractivity contribution in [3.05, 3.63) is 65.6 Å². The SMILES string of the molecule is CCc1cccc2c(C(=O)C[n+]3ccc(C)cc3)c[nH]c12.[Cl-]. The number of carbonyl (C=O) groups excluding carboxylic acids is 1. The lowest BCUT2D eigenvalue weighted by molar-refractivity contribution is -0.683. The molecule has 2 aromatic heterocycles. The lowest BCUT2D eigenvalue weighted by atomic mass is 10.0. The van der Waals surface area contributed by atoms with Crippen LogP contribution in [-0.4, -0.2) is 10.8 Å². The van der Waals surface area contributed by atoms with Crippen molar-refractivity contribution in [1.82, 2.24) is 4.98 Å². The molecule has 0 bridgehead atoms. The average Bonchev–Trinajstić information content (AvgIpc) is 2.93. The van der Waals surface area contributed by atoms with E-state index in [0.717, 1.165) is 22.9 Å². The van der Waals surface area contributed by atoms with Crippen LogP contribution >= 0.6 is 0 Å². The maximum absolute atomic E-state index is 12.5. The molecule has 0 unspecified atom stereocenters. The molecule has 22 heavy (non-hydrogen) atoms. The summed E-state index contributed by atoms with van der Waals surface area (Å²) < 4.78 is 1.91. The van der Waals surface area contributed by atoms with Gasteiger partial charge in [0.25, 0.3) is 0 Å². The van der Waals surface area contributed by atoms with E-state index in [-0.39, 0.29) is 18.2 Å². The second kappa shape index (κ2) is 6.75. The molecule has 4 heteroatoms. The third kappa shape index (κ3) is 3.04. The van der Waals surface area contributed by atoms with Crippen molar-refractivity contribution in [3.63, 3.8) is 0 Å². The second-order valence-corrected chi connectivity index (χ2v) is 5.37. The van der Waals surface area contributed by atoms with Crippen LogP contribution in [0.15, 0.2) is 48.9 Å². The van der Waals surface area contributed by atoms with Gasteiger partial charge in [0.1, 0.15) is 0 Å². The number of benzene rings is 1. The fourth-order valence-corrected chi connectivity index (χ4v) is 2.63. The lowest BCUT2D eigenvalue weighted by Gasteiger charge is -2.00. The minimum absolute atomic E-state index is 0. The minimum atomic E-state index is 0. The first kappa shape index (κ1) is 16.2. The molecule has 0 radical (unpaired) electrons. The number of hydrogen-bond donors (Lipinski definition) is 1. The van der Waals surface area contributed by atoms with E-state index in [1.165, 1.54) is 11.1 Å². The topological polar surface area (TPSA) is 36.7 Å². The minimum Gasteiger partial charge on any atom is -1.00 e. The Kier molecular flexibility index (Phi) is 4.99. The molecule has 3 rings (SSSR count). The van der Waals surface area contributed by atoms with Gasteiger partial charge >= 0.3 is 0 Å². The van der Waals surface area contributed by atoms with E-state index in [2.05, 4.69) is 18.0 Å². The quantitative estimate of drug-likeness (QED) is 0.542. The van der Waals surface area contributed by atoms with Crippen molar-refractivity contribution < 1.29 is 21.8 Å². The highest BCUT2D eigenvalue weighted by atomic mass is 35.5. The molecule has 3 nitrogen and oxygen atoms in total. The Bertz CT molecular complexity index is 790. The van der Waals surface area contributed by atoms with Crippen LogP contribution in [0.2, 0.25) is 0 Å². The average molecular weight is 315 g/mol. The summed E-state index contributed by atoms with van der Waals surface area (Å²) in [4.78, 5) is 15.8. The number of aryl methyl sites for hydroxylation is 2. The monoisotopic (exact) mass is 314 g/mol. The second-order valence-electron chi connectivity index (χ2n) is 5.37. The summed E-state index contributed by atoms with van der Waals surface area (Å²) >= 11 is 0. The van der Waals surface area contributed by atoms with Gasteiger partial charge in [-0.2, -0.15) is 4.57 Å². The number of fused-ring (bicyclic) bond motifs is 1. The number of H-pyrrole nitrogens is 1. The molecule has 0 saturated heterocycles. The number of rotatable bonds is 4. The van der Waals surface area contributed by atoms with Gasteiger partial charge in [-0.3, -0.25) is 4.79 Å². The summed E-state index contributed by atoms with van der Waals surface area (Å²) in [5.74, 6) is 0.128.